The first kappa shape index (κ1) is 38.7. The van der Waals surface area contributed by atoms with Crippen molar-refractivity contribution in [3.8, 4) is 5.75 Å². The van der Waals surface area contributed by atoms with E-state index in [1.54, 1.807) is 0 Å². The van der Waals surface area contributed by atoms with E-state index in [-0.39, 0.29) is 36.2 Å². The number of carboxylic acid groups (broad SMARTS) is 1. The number of allylic oxidation sites excluding steroid dienone is 2. The van der Waals surface area contributed by atoms with E-state index in [1.165, 1.54) is 41.5 Å². The molecule has 0 heterocycles. The third-order valence-electron chi connectivity index (χ3n) is 15.0. The molecule has 0 unspecified atom stereocenters. The van der Waals surface area contributed by atoms with Gasteiger partial charge in [0.25, 0.3) is 0 Å². The topological polar surface area (TPSA) is 118 Å². The molecule has 3 aromatic rings. The van der Waals surface area contributed by atoms with E-state index in [1.807, 2.05) is 30.3 Å². The second-order valence-electron chi connectivity index (χ2n) is 18.1. The maximum absolute atomic E-state index is 13.8. The van der Waals surface area contributed by atoms with Crippen LogP contribution < -0.4 is 10.4 Å². The Balaban J connectivity index is 1.15. The monoisotopic (exact) mass is 756 g/mol. The van der Waals surface area contributed by atoms with E-state index < -0.39 is 23.2 Å². The smallest absolute Gasteiger partial charge is 0.308 e. The Morgan fingerprint density at radius 3 is 2.34 bits per heavy atom. The largest absolute Gasteiger partial charge is 0.511 e. The Morgan fingerprint density at radius 1 is 0.768 bits per heavy atom. The van der Waals surface area contributed by atoms with Crippen LogP contribution in [0.15, 0.2) is 96.1 Å². The lowest BCUT2D eigenvalue weighted by Gasteiger charge is -2.51. The predicted octanol–water partition coefficient (Wildman–Crippen LogP) is 8.41. The summed E-state index contributed by atoms with van der Waals surface area (Å²) in [5.74, 6) is -0.852. The summed E-state index contributed by atoms with van der Waals surface area (Å²) in [5, 5.41) is 56.1. The Labute approximate surface area is 332 Å². The molecule has 0 aromatic heterocycles. The number of carboxylic acids is 1. The van der Waals surface area contributed by atoms with Gasteiger partial charge in [0.1, 0.15) is 11.5 Å². The van der Waals surface area contributed by atoms with Gasteiger partial charge >= 0.3 is 5.97 Å². The quantitative estimate of drug-likeness (QED) is 0.0991. The van der Waals surface area contributed by atoms with Gasteiger partial charge in [0.2, 0.25) is 0 Å². The number of phenolic OH excluding ortho intramolecular Hbond substituents is 1. The molecule has 3 aromatic carbocycles. The first-order valence-corrected chi connectivity index (χ1v) is 21.5. The van der Waals surface area contributed by atoms with E-state index in [0.717, 1.165) is 80.2 Å². The molecule has 6 aliphatic carbocycles. The number of phenols is 1. The minimum atomic E-state index is -0.882. The van der Waals surface area contributed by atoms with Gasteiger partial charge in [-0.15, -0.1) is 0 Å². The number of unbranched alkanes of at least 4 members (excludes halogenated alkanes) is 3. The predicted molar refractivity (Wildman–Crippen MR) is 221 cm³/mol. The number of aromatic hydroxyl groups is 1. The number of hydrogen-bond acceptors (Lipinski definition) is 5. The van der Waals surface area contributed by atoms with Crippen LogP contribution in [0.5, 0.6) is 5.75 Å². The van der Waals surface area contributed by atoms with Crippen LogP contribution >= 0.6 is 0 Å². The summed E-state index contributed by atoms with van der Waals surface area (Å²) in [4.78, 5) is 13.8. The standard InChI is InChI=1S/C50H60O6/c51-31-36-15-14-33(24-36)8-3-1-2-4-11-41-26-34-20-22-49(41,40-16-18-43(53)19-17-40)29-35-9-7-12-42(27-35)50(46(48(55)56)39(25-34)32-52)23-21-38-28-37-10-5-6-13-44(37)47(54)45(38)30-50/h5-7,9-10,12-13,16-19,24-25,27-28,33,38-39,41,45-46,51-54H,1-4,8,11,14-15,20-23,26,29-32H2,(H,55,56)/b34-25-/t33-,38+,39-,41+,45+,46+,49+,50-/m0/s1. The lowest BCUT2D eigenvalue weighted by Crippen LogP contribution is -2.51. The van der Waals surface area contributed by atoms with Crippen molar-refractivity contribution in [1.29, 1.82) is 0 Å². The molecule has 296 valence electrons. The molecular formula is C50H60O6. The van der Waals surface area contributed by atoms with Crippen LogP contribution in [0.1, 0.15) is 107 Å². The lowest BCUT2D eigenvalue weighted by molar-refractivity contribution is -0.148. The Bertz CT molecular complexity index is 2080. The maximum atomic E-state index is 13.8. The van der Waals surface area contributed by atoms with Crippen LogP contribution in [0.4, 0.5) is 0 Å². The van der Waals surface area contributed by atoms with E-state index in [4.69, 9.17) is 0 Å². The van der Waals surface area contributed by atoms with Crippen molar-refractivity contribution in [3.63, 3.8) is 0 Å². The zero-order valence-electron chi connectivity index (χ0n) is 32.8. The van der Waals surface area contributed by atoms with Gasteiger partial charge in [-0.2, -0.15) is 0 Å². The van der Waals surface area contributed by atoms with Gasteiger partial charge < -0.3 is 25.5 Å². The van der Waals surface area contributed by atoms with E-state index in [9.17, 15) is 30.3 Å². The van der Waals surface area contributed by atoms with Gasteiger partial charge in [0.05, 0.1) is 19.1 Å². The zero-order valence-corrected chi connectivity index (χ0v) is 32.8. The van der Waals surface area contributed by atoms with Crippen molar-refractivity contribution < 1.29 is 30.3 Å². The average Bonchev–Trinajstić information content (AvgIpc) is 3.68. The minimum Gasteiger partial charge on any atom is -0.511 e. The molecule has 5 N–H and O–H groups in total. The Kier molecular flexibility index (Phi) is 11.3. The van der Waals surface area contributed by atoms with Crippen molar-refractivity contribution in [1.82, 2.24) is 0 Å². The highest BCUT2D eigenvalue weighted by Crippen LogP contribution is 2.56. The molecule has 6 heteroatoms. The summed E-state index contributed by atoms with van der Waals surface area (Å²) >= 11 is 0. The van der Waals surface area contributed by atoms with E-state index in [2.05, 4.69) is 60.7 Å². The fraction of sp³-hybridized carbons (Fsp3) is 0.500. The second-order valence-corrected chi connectivity index (χ2v) is 18.1. The van der Waals surface area contributed by atoms with Crippen molar-refractivity contribution in [2.24, 2.45) is 35.5 Å². The molecule has 4 bridgehead atoms. The fourth-order valence-electron chi connectivity index (χ4n) is 12.2. The van der Waals surface area contributed by atoms with Crippen LogP contribution in [-0.4, -0.2) is 44.7 Å². The molecule has 0 saturated heterocycles. The second kappa shape index (κ2) is 16.4. The van der Waals surface area contributed by atoms with Crippen molar-refractivity contribution in [2.75, 3.05) is 13.2 Å². The number of hydrogen-bond donors (Lipinski definition) is 5. The molecule has 8 atom stereocenters. The van der Waals surface area contributed by atoms with Gasteiger partial charge in [0, 0.05) is 27.9 Å². The first-order valence-electron chi connectivity index (χ1n) is 21.5. The number of aliphatic carboxylic acids is 1. The summed E-state index contributed by atoms with van der Waals surface area (Å²) in [6, 6.07) is 24.6. The van der Waals surface area contributed by atoms with Gasteiger partial charge in [0.15, 0.2) is 0 Å². The number of aliphatic hydroxyl groups is 3. The Morgan fingerprint density at radius 2 is 1.57 bits per heavy atom. The minimum absolute atomic E-state index is 0.119. The van der Waals surface area contributed by atoms with E-state index in [0.29, 0.717) is 30.4 Å². The third-order valence-corrected chi connectivity index (χ3v) is 15.0. The first-order chi connectivity index (χ1) is 27.2. The Hall–Kier alpha value is -4.13. The molecule has 9 rings (SSSR count). The highest BCUT2D eigenvalue weighted by molar-refractivity contribution is 5.74. The molecule has 6 aliphatic rings. The van der Waals surface area contributed by atoms with Gasteiger partial charge in [-0.1, -0.05) is 110 Å². The SMILES string of the molecule is O=C(O)[C@H]1[C@H](CO)/C=C2/CC[C@](c3ccc(O)cc3)(Cc3cccc(c3)[C@@]13CC[C@@H]1C=c4ccccc4=C(O)[C@@H]1C3)[C@H](CCCCCC[C@@H]1C=C(CO)CC1)C2. The molecule has 1 spiro atoms. The molecule has 0 radical (unpaired) electrons. The normalized spacial score (nSPS) is 31.9. The molecule has 6 nitrogen and oxygen atoms in total. The average molecular weight is 757 g/mol. The molecule has 0 amide bonds. The number of aliphatic hydroxyl groups excluding tert-OH is 3. The van der Waals surface area contributed by atoms with Crippen LogP contribution in [0.2, 0.25) is 0 Å². The zero-order chi connectivity index (χ0) is 38.9. The summed E-state index contributed by atoms with van der Waals surface area (Å²) in [5.41, 5.74) is 4.94. The number of carbonyl (C=O) groups is 1. The van der Waals surface area contributed by atoms with Gasteiger partial charge in [-0.05, 0) is 128 Å². The summed E-state index contributed by atoms with van der Waals surface area (Å²) < 4.78 is 0. The van der Waals surface area contributed by atoms with Crippen molar-refractivity contribution in [2.45, 2.75) is 107 Å². The highest BCUT2D eigenvalue weighted by atomic mass is 16.4. The molecule has 56 heavy (non-hydrogen) atoms. The summed E-state index contributed by atoms with van der Waals surface area (Å²) in [6.45, 7) is -0.0544. The third kappa shape index (κ3) is 7.40. The maximum Gasteiger partial charge on any atom is 0.308 e. The number of fused-ring (bicyclic) bond motifs is 6. The molecule has 2 saturated carbocycles. The van der Waals surface area contributed by atoms with Crippen LogP contribution in [0, 0.1) is 35.5 Å². The van der Waals surface area contributed by atoms with Gasteiger partial charge in [-0.3, -0.25) is 4.79 Å². The highest BCUT2D eigenvalue weighted by Gasteiger charge is 2.54. The van der Waals surface area contributed by atoms with Gasteiger partial charge in [-0.25, -0.2) is 0 Å². The molecule has 2 fully saturated rings. The molecular weight excluding hydrogens is 697 g/mol. The molecule has 0 aliphatic heterocycles. The van der Waals surface area contributed by atoms with Crippen LogP contribution in [0.3, 0.4) is 0 Å². The van der Waals surface area contributed by atoms with Crippen molar-refractivity contribution in [3.05, 3.63) is 123 Å². The summed E-state index contributed by atoms with van der Waals surface area (Å²) in [6.07, 6.45) is 21.2. The number of rotatable bonds is 11. The number of benzene rings is 3. The summed E-state index contributed by atoms with van der Waals surface area (Å²) in [7, 11) is 0. The van der Waals surface area contributed by atoms with Crippen LogP contribution in [-0.2, 0) is 22.0 Å². The van der Waals surface area contributed by atoms with Crippen molar-refractivity contribution >= 4 is 17.8 Å². The van der Waals surface area contributed by atoms with Crippen LogP contribution in [0.25, 0.3) is 11.8 Å². The lowest BCUT2D eigenvalue weighted by atomic mass is 9.52. The van der Waals surface area contributed by atoms with E-state index >= 15 is 0 Å². The fourth-order valence-corrected chi connectivity index (χ4v) is 12.2.